The average molecular weight is 395 g/mol. The van der Waals surface area contributed by atoms with Gasteiger partial charge < -0.3 is 4.74 Å². The van der Waals surface area contributed by atoms with Crippen LogP contribution < -0.4 is 5.32 Å². The molecule has 0 aliphatic carbocycles. The highest BCUT2D eigenvalue weighted by Gasteiger charge is 2.21. The maximum Gasteiger partial charge on any atom is 0.319 e. The minimum Gasteiger partial charge on any atom is -0.468 e. The number of thiazole rings is 1. The van der Waals surface area contributed by atoms with Gasteiger partial charge in [0, 0.05) is 0 Å². The first-order chi connectivity index (χ1) is 12.1. The Hall–Kier alpha value is -2.04. The molecule has 0 aliphatic rings. The summed E-state index contributed by atoms with van der Waals surface area (Å²) in [5.74, 6) is -0.628. The number of ether oxygens (including phenoxy) is 1. The lowest BCUT2D eigenvalue weighted by Crippen LogP contribution is -2.17. The van der Waals surface area contributed by atoms with E-state index in [1.54, 1.807) is 0 Å². The third-order valence-electron chi connectivity index (χ3n) is 3.19. The highest BCUT2D eigenvalue weighted by molar-refractivity contribution is 8.02. The van der Waals surface area contributed by atoms with Gasteiger partial charge in [0.25, 0.3) is 5.91 Å². The molecular formula is C15H14N4O3S3. The number of carbonyl (C=O) groups is 2. The molecule has 0 fully saturated rings. The summed E-state index contributed by atoms with van der Waals surface area (Å²) in [6.45, 7) is 1.89. The first-order valence-corrected chi connectivity index (χ1v) is 9.87. The van der Waals surface area contributed by atoms with Gasteiger partial charge in [0.05, 0.1) is 17.3 Å². The fourth-order valence-corrected chi connectivity index (χ4v) is 4.78. The van der Waals surface area contributed by atoms with Crippen molar-refractivity contribution in [3.8, 4) is 0 Å². The quantitative estimate of drug-likeness (QED) is 0.389. The number of aromatic nitrogens is 3. The van der Waals surface area contributed by atoms with Crippen molar-refractivity contribution in [3.05, 3.63) is 29.3 Å². The second-order valence-electron chi connectivity index (χ2n) is 4.85. The molecule has 130 valence electrons. The Morgan fingerprint density at radius 1 is 1.28 bits per heavy atom. The maximum absolute atomic E-state index is 12.3. The Balaban J connectivity index is 1.68. The van der Waals surface area contributed by atoms with E-state index in [1.807, 2.05) is 31.2 Å². The summed E-state index contributed by atoms with van der Waals surface area (Å²) in [4.78, 5) is 28.3. The number of amides is 1. The zero-order valence-corrected chi connectivity index (χ0v) is 15.8. The lowest BCUT2D eigenvalue weighted by molar-refractivity contribution is -0.140. The summed E-state index contributed by atoms with van der Waals surface area (Å²) >= 11 is 3.81. The van der Waals surface area contributed by atoms with Gasteiger partial charge in [0.2, 0.25) is 5.13 Å². The fraction of sp³-hybridized carbons (Fsp3) is 0.267. The molecule has 0 aliphatic heterocycles. The number of nitrogens with zero attached hydrogens (tertiary/aromatic N) is 3. The van der Waals surface area contributed by atoms with Crippen LogP contribution in [-0.2, 0) is 9.53 Å². The monoisotopic (exact) mass is 394 g/mol. The largest absolute Gasteiger partial charge is 0.468 e. The minimum absolute atomic E-state index is 0.303. The first kappa shape index (κ1) is 17.8. The van der Waals surface area contributed by atoms with E-state index in [0.29, 0.717) is 20.9 Å². The number of esters is 1. The number of benzene rings is 1. The summed E-state index contributed by atoms with van der Waals surface area (Å²) in [5.41, 5.74) is 0.787. The van der Waals surface area contributed by atoms with Crippen LogP contribution in [0.3, 0.4) is 0 Å². The van der Waals surface area contributed by atoms with E-state index in [2.05, 4.69) is 20.5 Å². The molecule has 25 heavy (non-hydrogen) atoms. The summed E-state index contributed by atoms with van der Waals surface area (Å²) in [7, 11) is 1.36. The molecule has 2 aromatic heterocycles. The molecule has 0 spiro atoms. The highest BCUT2D eigenvalue weighted by Crippen LogP contribution is 2.31. The Labute approximate surface area is 155 Å². The summed E-state index contributed by atoms with van der Waals surface area (Å²) < 4.78 is 6.30. The van der Waals surface area contributed by atoms with Gasteiger partial charge in [0.15, 0.2) is 9.35 Å². The van der Waals surface area contributed by atoms with Crippen LogP contribution in [0, 0.1) is 0 Å². The molecule has 0 radical (unpaired) electrons. The van der Waals surface area contributed by atoms with Gasteiger partial charge in [-0.25, -0.2) is 4.98 Å². The minimum atomic E-state index is -0.342. The Bertz CT molecular complexity index is 875. The van der Waals surface area contributed by atoms with E-state index in [-0.39, 0.29) is 17.1 Å². The number of nitrogens with one attached hydrogen (secondary N) is 1. The van der Waals surface area contributed by atoms with Crippen molar-refractivity contribution >= 4 is 61.7 Å². The standard InChI is InChI=1S/C15H14N4O3S3/c1-3-9(13(21)22-2)24-15-19-18-14(25-15)17-11(20)12-16-8-6-4-5-7-10(8)23-12/h4-7,9H,3H2,1-2H3,(H,17,18,20)/t9-/m1/s1. The first-order valence-electron chi connectivity index (χ1n) is 7.35. The van der Waals surface area contributed by atoms with Crippen molar-refractivity contribution in [2.75, 3.05) is 12.4 Å². The van der Waals surface area contributed by atoms with Gasteiger partial charge >= 0.3 is 5.97 Å². The Kier molecular flexibility index (Phi) is 5.61. The summed E-state index contributed by atoms with van der Waals surface area (Å²) in [6.07, 6.45) is 0.615. The molecule has 0 saturated carbocycles. The number of methoxy groups -OCH3 is 1. The van der Waals surface area contributed by atoms with Crippen LogP contribution in [0.25, 0.3) is 10.2 Å². The lowest BCUT2D eigenvalue weighted by atomic mass is 10.3. The van der Waals surface area contributed by atoms with Gasteiger partial charge in [-0.05, 0) is 18.6 Å². The van der Waals surface area contributed by atoms with Gasteiger partial charge in [-0.2, -0.15) is 0 Å². The van der Waals surface area contributed by atoms with Crippen molar-refractivity contribution in [1.82, 2.24) is 15.2 Å². The van der Waals surface area contributed by atoms with Crippen LogP contribution in [0.1, 0.15) is 23.1 Å². The van der Waals surface area contributed by atoms with E-state index in [9.17, 15) is 9.59 Å². The zero-order chi connectivity index (χ0) is 17.8. The van der Waals surface area contributed by atoms with Crippen LogP contribution in [0.5, 0.6) is 0 Å². The van der Waals surface area contributed by atoms with E-state index < -0.39 is 0 Å². The number of fused-ring (bicyclic) bond motifs is 1. The third-order valence-corrected chi connectivity index (χ3v) is 6.49. The van der Waals surface area contributed by atoms with Gasteiger partial charge in [-0.1, -0.05) is 42.2 Å². The lowest BCUT2D eigenvalue weighted by Gasteiger charge is -2.08. The molecule has 10 heteroatoms. The number of carbonyl (C=O) groups excluding carboxylic acids is 2. The van der Waals surface area contributed by atoms with Crippen molar-refractivity contribution in [2.24, 2.45) is 0 Å². The van der Waals surface area contributed by atoms with E-state index in [0.717, 1.165) is 10.2 Å². The number of rotatable bonds is 6. The third kappa shape index (κ3) is 4.14. The van der Waals surface area contributed by atoms with Crippen LogP contribution >= 0.6 is 34.4 Å². The Morgan fingerprint density at radius 3 is 2.80 bits per heavy atom. The number of anilines is 1. The number of thioether (sulfide) groups is 1. The van der Waals surface area contributed by atoms with Crippen molar-refractivity contribution in [1.29, 1.82) is 0 Å². The van der Waals surface area contributed by atoms with E-state index in [1.165, 1.54) is 41.5 Å². The van der Waals surface area contributed by atoms with Gasteiger partial charge in [-0.3, -0.25) is 14.9 Å². The predicted molar refractivity (Wildman–Crippen MR) is 99.4 cm³/mol. The maximum atomic E-state index is 12.3. The molecule has 3 aromatic rings. The zero-order valence-electron chi connectivity index (χ0n) is 13.4. The molecule has 0 unspecified atom stereocenters. The van der Waals surface area contributed by atoms with Gasteiger partial charge in [-0.15, -0.1) is 21.5 Å². The van der Waals surface area contributed by atoms with Crippen molar-refractivity contribution < 1.29 is 14.3 Å². The average Bonchev–Trinajstić information content (AvgIpc) is 3.25. The predicted octanol–water partition coefficient (Wildman–Crippen LogP) is 3.44. The normalized spacial score (nSPS) is 12.1. The van der Waals surface area contributed by atoms with Crippen molar-refractivity contribution in [3.63, 3.8) is 0 Å². The molecular weight excluding hydrogens is 380 g/mol. The van der Waals surface area contributed by atoms with Crippen LogP contribution in [-0.4, -0.2) is 39.4 Å². The number of hydrogen-bond donors (Lipinski definition) is 1. The highest BCUT2D eigenvalue weighted by atomic mass is 32.2. The molecule has 1 N–H and O–H groups in total. The van der Waals surface area contributed by atoms with Crippen LogP contribution in [0.15, 0.2) is 28.6 Å². The molecule has 3 rings (SSSR count). The second-order valence-corrected chi connectivity index (χ2v) is 8.31. The van der Waals surface area contributed by atoms with E-state index >= 15 is 0 Å². The topological polar surface area (TPSA) is 94.1 Å². The van der Waals surface area contributed by atoms with Crippen LogP contribution in [0.2, 0.25) is 0 Å². The molecule has 0 saturated heterocycles. The Morgan fingerprint density at radius 2 is 2.08 bits per heavy atom. The second kappa shape index (κ2) is 7.89. The molecule has 7 nitrogen and oxygen atoms in total. The SMILES string of the molecule is CC[C@@H](Sc1nnc(NC(=O)c2nc3ccccc3s2)s1)C(=O)OC. The molecule has 1 amide bonds. The number of hydrogen-bond acceptors (Lipinski definition) is 9. The summed E-state index contributed by atoms with van der Waals surface area (Å²) in [5, 5.41) is 11.0. The van der Waals surface area contributed by atoms with Crippen LogP contribution in [0.4, 0.5) is 5.13 Å². The molecule has 1 aromatic carbocycles. The smallest absolute Gasteiger partial charge is 0.319 e. The van der Waals surface area contributed by atoms with Crippen molar-refractivity contribution in [2.45, 2.75) is 22.9 Å². The molecule has 1 atom stereocenters. The molecule has 2 heterocycles. The number of para-hydroxylation sites is 1. The fourth-order valence-electron chi connectivity index (χ4n) is 1.98. The van der Waals surface area contributed by atoms with Gasteiger partial charge in [0.1, 0.15) is 5.25 Å². The molecule has 0 bridgehead atoms. The van der Waals surface area contributed by atoms with E-state index in [4.69, 9.17) is 4.74 Å². The summed E-state index contributed by atoms with van der Waals surface area (Å²) in [6, 6.07) is 7.56.